The van der Waals surface area contributed by atoms with Crippen molar-refractivity contribution in [3.05, 3.63) is 33.9 Å². The zero-order valence-electron chi connectivity index (χ0n) is 10.5. The summed E-state index contributed by atoms with van der Waals surface area (Å²) in [4.78, 5) is 10.3. The van der Waals surface area contributed by atoms with Gasteiger partial charge < -0.3 is 5.32 Å². The molecule has 0 atom stereocenters. The fraction of sp³-hybridized carbons (Fsp3) is 0.538. The van der Waals surface area contributed by atoms with Gasteiger partial charge in [-0.3, -0.25) is 10.1 Å². The van der Waals surface area contributed by atoms with Gasteiger partial charge in [-0.1, -0.05) is 26.2 Å². The molecule has 0 heterocycles. The highest BCUT2D eigenvalue weighted by Gasteiger charge is 2.09. The summed E-state index contributed by atoms with van der Waals surface area (Å²) in [6.45, 7) is 4.88. The van der Waals surface area contributed by atoms with Gasteiger partial charge in [0.2, 0.25) is 0 Å². The van der Waals surface area contributed by atoms with Crippen molar-refractivity contribution >= 4 is 11.4 Å². The fourth-order valence-corrected chi connectivity index (χ4v) is 1.75. The van der Waals surface area contributed by atoms with Gasteiger partial charge in [-0.15, -0.1) is 0 Å². The van der Waals surface area contributed by atoms with Crippen LogP contribution in [-0.2, 0) is 0 Å². The molecule has 1 rings (SSSR count). The molecule has 0 fully saturated rings. The number of nitro groups is 1. The average Bonchev–Trinajstić information content (AvgIpc) is 2.28. The minimum Gasteiger partial charge on any atom is -0.385 e. The number of hydrogen-bond acceptors (Lipinski definition) is 3. The summed E-state index contributed by atoms with van der Waals surface area (Å²) in [7, 11) is 0. The molecule has 0 aliphatic rings. The summed E-state index contributed by atoms with van der Waals surface area (Å²) in [6.07, 6.45) is 4.87. The molecule has 1 aromatic carbocycles. The van der Waals surface area contributed by atoms with Crippen LogP contribution in [0.25, 0.3) is 0 Å². The van der Waals surface area contributed by atoms with Crippen molar-refractivity contribution in [2.24, 2.45) is 0 Å². The van der Waals surface area contributed by atoms with E-state index in [4.69, 9.17) is 0 Å². The molecule has 0 radical (unpaired) electrons. The molecule has 0 amide bonds. The summed E-state index contributed by atoms with van der Waals surface area (Å²) < 4.78 is 0. The highest BCUT2D eigenvalue weighted by atomic mass is 16.6. The van der Waals surface area contributed by atoms with E-state index in [1.54, 1.807) is 19.1 Å². The van der Waals surface area contributed by atoms with Gasteiger partial charge in [0.25, 0.3) is 5.69 Å². The molecule has 0 unspecified atom stereocenters. The molecule has 0 aliphatic carbocycles. The minimum atomic E-state index is -0.347. The minimum absolute atomic E-state index is 0.182. The first kappa shape index (κ1) is 13.5. The predicted octanol–water partition coefficient (Wildman–Crippen LogP) is 3.90. The molecule has 0 bridgehead atoms. The van der Waals surface area contributed by atoms with Gasteiger partial charge in [0.15, 0.2) is 0 Å². The standard InChI is InChI=1S/C13H20N2O2/c1-3-4-5-6-9-14-12-7-8-13(15(16)17)11(2)10-12/h7-8,10,14H,3-6,9H2,1-2H3. The van der Waals surface area contributed by atoms with Crippen molar-refractivity contribution in [2.75, 3.05) is 11.9 Å². The van der Waals surface area contributed by atoms with Gasteiger partial charge >= 0.3 is 0 Å². The number of benzene rings is 1. The lowest BCUT2D eigenvalue weighted by Gasteiger charge is -2.07. The molecule has 4 nitrogen and oxygen atoms in total. The monoisotopic (exact) mass is 236 g/mol. The molecule has 0 spiro atoms. The Morgan fingerprint density at radius 3 is 2.65 bits per heavy atom. The number of nitrogens with one attached hydrogen (secondary N) is 1. The lowest BCUT2D eigenvalue weighted by Crippen LogP contribution is -2.02. The number of unbranched alkanes of at least 4 members (excludes halogenated alkanes) is 3. The maximum atomic E-state index is 10.7. The number of rotatable bonds is 7. The summed E-state index contributed by atoms with van der Waals surface area (Å²) in [5.41, 5.74) is 1.85. The quantitative estimate of drug-likeness (QED) is 0.444. The van der Waals surface area contributed by atoms with E-state index in [1.807, 2.05) is 6.07 Å². The fourth-order valence-electron chi connectivity index (χ4n) is 1.75. The van der Waals surface area contributed by atoms with Crippen LogP contribution in [0.4, 0.5) is 11.4 Å². The van der Waals surface area contributed by atoms with Crippen LogP contribution in [0, 0.1) is 17.0 Å². The second-order valence-corrected chi connectivity index (χ2v) is 4.25. The van der Waals surface area contributed by atoms with Crippen LogP contribution in [-0.4, -0.2) is 11.5 Å². The Kier molecular flexibility index (Phi) is 5.46. The van der Waals surface area contributed by atoms with E-state index in [-0.39, 0.29) is 10.6 Å². The Hall–Kier alpha value is -1.58. The number of hydrogen-bond donors (Lipinski definition) is 1. The molecular formula is C13H20N2O2. The molecule has 94 valence electrons. The molecule has 17 heavy (non-hydrogen) atoms. The Balaban J connectivity index is 2.45. The SMILES string of the molecule is CCCCCCNc1ccc([N+](=O)[O-])c(C)c1. The van der Waals surface area contributed by atoms with Crippen LogP contribution in [0.1, 0.15) is 38.2 Å². The Labute approximate surface area is 102 Å². The van der Waals surface area contributed by atoms with Gasteiger partial charge in [0, 0.05) is 23.9 Å². The highest BCUT2D eigenvalue weighted by Crippen LogP contribution is 2.21. The summed E-state index contributed by atoms with van der Waals surface area (Å²) in [5.74, 6) is 0. The van der Waals surface area contributed by atoms with Gasteiger partial charge in [0.1, 0.15) is 0 Å². The molecule has 0 saturated heterocycles. The molecule has 1 N–H and O–H groups in total. The van der Waals surface area contributed by atoms with Crippen molar-refractivity contribution in [3.63, 3.8) is 0 Å². The van der Waals surface area contributed by atoms with Crippen LogP contribution < -0.4 is 5.32 Å². The average molecular weight is 236 g/mol. The predicted molar refractivity (Wildman–Crippen MR) is 70.5 cm³/mol. The van der Waals surface area contributed by atoms with Crippen LogP contribution in [0.3, 0.4) is 0 Å². The maximum Gasteiger partial charge on any atom is 0.272 e. The summed E-state index contributed by atoms with van der Waals surface area (Å²) in [6, 6.07) is 5.16. The van der Waals surface area contributed by atoms with Crippen LogP contribution in [0.15, 0.2) is 18.2 Å². The smallest absolute Gasteiger partial charge is 0.272 e. The first-order chi connectivity index (χ1) is 8.15. The van der Waals surface area contributed by atoms with E-state index < -0.39 is 0 Å². The van der Waals surface area contributed by atoms with Gasteiger partial charge in [-0.2, -0.15) is 0 Å². The summed E-state index contributed by atoms with van der Waals surface area (Å²) in [5, 5.41) is 13.9. The van der Waals surface area contributed by atoms with E-state index in [9.17, 15) is 10.1 Å². The first-order valence-corrected chi connectivity index (χ1v) is 6.14. The third kappa shape index (κ3) is 4.43. The lowest BCUT2D eigenvalue weighted by molar-refractivity contribution is -0.385. The van der Waals surface area contributed by atoms with E-state index in [0.29, 0.717) is 5.56 Å². The maximum absolute atomic E-state index is 10.7. The van der Waals surface area contributed by atoms with Crippen molar-refractivity contribution in [3.8, 4) is 0 Å². The number of aryl methyl sites for hydroxylation is 1. The Morgan fingerprint density at radius 2 is 2.06 bits per heavy atom. The van der Waals surface area contributed by atoms with Crippen LogP contribution >= 0.6 is 0 Å². The third-order valence-electron chi connectivity index (χ3n) is 2.75. The second-order valence-electron chi connectivity index (χ2n) is 4.25. The summed E-state index contributed by atoms with van der Waals surface area (Å²) >= 11 is 0. The molecule has 4 heteroatoms. The largest absolute Gasteiger partial charge is 0.385 e. The van der Waals surface area contributed by atoms with Crippen molar-refractivity contribution in [1.82, 2.24) is 0 Å². The zero-order valence-corrected chi connectivity index (χ0v) is 10.5. The number of anilines is 1. The van der Waals surface area contributed by atoms with Crippen molar-refractivity contribution < 1.29 is 4.92 Å². The topological polar surface area (TPSA) is 55.2 Å². The lowest BCUT2D eigenvalue weighted by atomic mass is 10.1. The molecule has 1 aromatic rings. The van der Waals surface area contributed by atoms with E-state index >= 15 is 0 Å². The molecule has 0 aromatic heterocycles. The van der Waals surface area contributed by atoms with Crippen LogP contribution in [0.2, 0.25) is 0 Å². The Morgan fingerprint density at radius 1 is 1.29 bits per heavy atom. The van der Waals surface area contributed by atoms with Gasteiger partial charge in [-0.05, 0) is 25.5 Å². The van der Waals surface area contributed by atoms with E-state index in [2.05, 4.69) is 12.2 Å². The highest BCUT2D eigenvalue weighted by molar-refractivity contribution is 5.53. The van der Waals surface area contributed by atoms with E-state index in [1.165, 1.54) is 19.3 Å². The molecule has 0 aliphatic heterocycles. The second kappa shape index (κ2) is 6.89. The van der Waals surface area contributed by atoms with Gasteiger partial charge in [0.05, 0.1) is 4.92 Å². The van der Waals surface area contributed by atoms with Crippen molar-refractivity contribution in [1.29, 1.82) is 0 Å². The number of nitrogens with zero attached hydrogens (tertiary/aromatic N) is 1. The first-order valence-electron chi connectivity index (χ1n) is 6.14. The Bertz CT molecular complexity index is 378. The third-order valence-corrected chi connectivity index (χ3v) is 2.75. The molecule has 0 saturated carbocycles. The normalized spacial score (nSPS) is 10.2. The zero-order chi connectivity index (χ0) is 12.7. The van der Waals surface area contributed by atoms with Crippen LogP contribution in [0.5, 0.6) is 0 Å². The van der Waals surface area contributed by atoms with E-state index in [0.717, 1.165) is 18.7 Å². The van der Waals surface area contributed by atoms with Gasteiger partial charge in [-0.25, -0.2) is 0 Å². The van der Waals surface area contributed by atoms with Crippen molar-refractivity contribution in [2.45, 2.75) is 39.5 Å². The molecular weight excluding hydrogens is 216 g/mol. The number of nitro benzene ring substituents is 1.